The number of halogens is 1. The van der Waals surface area contributed by atoms with Gasteiger partial charge >= 0.3 is 5.97 Å². The second-order valence-corrected chi connectivity index (χ2v) is 9.41. The highest BCUT2D eigenvalue weighted by Gasteiger charge is 2.46. The minimum absolute atomic E-state index is 0.0322. The number of aliphatic hydroxyl groups is 1. The number of hydrogen-bond donors (Lipinski definition) is 2. The highest BCUT2D eigenvalue weighted by Crippen LogP contribution is 2.41. The molecule has 0 saturated carbocycles. The van der Waals surface area contributed by atoms with Gasteiger partial charge in [0.1, 0.15) is 11.5 Å². The van der Waals surface area contributed by atoms with Gasteiger partial charge in [0.25, 0.3) is 11.7 Å². The molecule has 2 aromatic rings. The lowest BCUT2D eigenvalue weighted by Gasteiger charge is -2.29. The summed E-state index contributed by atoms with van der Waals surface area (Å²) in [5.41, 5.74) is 1.97. The van der Waals surface area contributed by atoms with E-state index in [4.69, 9.17) is 21.1 Å². The van der Waals surface area contributed by atoms with Crippen molar-refractivity contribution in [3.63, 3.8) is 0 Å². The number of aromatic nitrogens is 1. The van der Waals surface area contributed by atoms with Gasteiger partial charge in [0.05, 0.1) is 31.9 Å². The number of methoxy groups -OCH3 is 1. The Hall–Kier alpha value is -3.14. The minimum atomic E-state index is -0.816. The number of aryl methyl sites for hydroxylation is 1. The average molecular weight is 516 g/mol. The molecule has 1 aromatic heterocycles. The van der Waals surface area contributed by atoms with Crippen molar-refractivity contribution in [2.45, 2.75) is 26.3 Å². The van der Waals surface area contributed by atoms with Crippen LogP contribution in [0.3, 0.4) is 0 Å². The first-order valence-corrected chi connectivity index (χ1v) is 12.2. The van der Waals surface area contributed by atoms with E-state index in [1.807, 2.05) is 0 Å². The van der Waals surface area contributed by atoms with E-state index in [-0.39, 0.29) is 17.0 Å². The van der Waals surface area contributed by atoms with Crippen molar-refractivity contribution in [2.24, 2.45) is 0 Å². The molecule has 1 atom stereocenters. The molecule has 0 aliphatic carbocycles. The zero-order valence-corrected chi connectivity index (χ0v) is 21.4. The maximum absolute atomic E-state index is 13.3. The fraction of sp³-hybridized carbons (Fsp3) is 0.423. The third-order valence-corrected chi connectivity index (χ3v) is 6.98. The number of ether oxygens (including phenoxy) is 2. The predicted octanol–water partition coefficient (Wildman–Crippen LogP) is 3.22. The number of aliphatic hydroxyl groups excluding tert-OH is 1. The van der Waals surface area contributed by atoms with E-state index in [2.05, 4.69) is 9.88 Å². The number of nitrogens with zero attached hydrogens (tertiary/aromatic N) is 2. The van der Waals surface area contributed by atoms with Gasteiger partial charge in [-0.15, -0.1) is 0 Å². The van der Waals surface area contributed by atoms with Crippen LogP contribution in [0.4, 0.5) is 0 Å². The Balaban J connectivity index is 1.75. The Morgan fingerprint density at radius 1 is 1.22 bits per heavy atom. The Kier molecular flexibility index (Phi) is 7.82. The van der Waals surface area contributed by atoms with Gasteiger partial charge in [0.2, 0.25) is 0 Å². The van der Waals surface area contributed by atoms with Gasteiger partial charge in [-0.25, -0.2) is 4.79 Å². The summed E-state index contributed by atoms with van der Waals surface area (Å²) in [4.78, 5) is 45.4. The molecule has 1 amide bonds. The SMILES string of the molecule is COC(=O)c1[nH]c(C)c(/C(O)=C2\C(=O)C(=O)N(CCCN3CCOCC3)[C@H]2c2cccc(Cl)c2)c1C. The average Bonchev–Trinajstić information content (AvgIpc) is 3.31. The van der Waals surface area contributed by atoms with Crippen LogP contribution in [0.5, 0.6) is 0 Å². The van der Waals surface area contributed by atoms with Crippen LogP contribution in [0.1, 0.15) is 45.3 Å². The second kappa shape index (κ2) is 10.9. The summed E-state index contributed by atoms with van der Waals surface area (Å²) in [5.74, 6) is -2.38. The van der Waals surface area contributed by atoms with Crippen molar-refractivity contribution >= 4 is 35.0 Å². The molecule has 0 unspecified atom stereocenters. The number of hydrogen-bond acceptors (Lipinski definition) is 7. The molecule has 2 aliphatic rings. The molecule has 4 rings (SSSR count). The van der Waals surface area contributed by atoms with Crippen LogP contribution in [0.15, 0.2) is 29.8 Å². The molecule has 2 fully saturated rings. The summed E-state index contributed by atoms with van der Waals surface area (Å²) in [6, 6.07) is 6.11. The Labute approximate surface area is 214 Å². The monoisotopic (exact) mass is 515 g/mol. The molecule has 3 heterocycles. The minimum Gasteiger partial charge on any atom is -0.507 e. The van der Waals surface area contributed by atoms with E-state index in [0.717, 1.165) is 19.6 Å². The van der Waals surface area contributed by atoms with Crippen LogP contribution in [-0.4, -0.2) is 84.1 Å². The van der Waals surface area contributed by atoms with E-state index in [0.29, 0.717) is 53.6 Å². The first-order chi connectivity index (χ1) is 17.2. The summed E-state index contributed by atoms with van der Waals surface area (Å²) < 4.78 is 10.2. The van der Waals surface area contributed by atoms with E-state index in [9.17, 15) is 19.5 Å². The van der Waals surface area contributed by atoms with Gasteiger partial charge in [0, 0.05) is 42.5 Å². The number of H-pyrrole nitrogens is 1. The van der Waals surface area contributed by atoms with E-state index >= 15 is 0 Å². The number of ketones is 1. The van der Waals surface area contributed by atoms with Crippen molar-refractivity contribution in [1.82, 2.24) is 14.8 Å². The lowest BCUT2D eigenvalue weighted by atomic mass is 9.94. The predicted molar refractivity (Wildman–Crippen MR) is 134 cm³/mol. The number of aromatic amines is 1. The van der Waals surface area contributed by atoms with Crippen molar-refractivity contribution < 1.29 is 29.0 Å². The number of carbonyl (C=O) groups excluding carboxylic acids is 3. The van der Waals surface area contributed by atoms with Crippen molar-refractivity contribution in [2.75, 3.05) is 46.5 Å². The second-order valence-electron chi connectivity index (χ2n) is 8.97. The van der Waals surface area contributed by atoms with Crippen LogP contribution >= 0.6 is 11.6 Å². The summed E-state index contributed by atoms with van der Waals surface area (Å²) in [6.45, 7) is 7.42. The largest absolute Gasteiger partial charge is 0.507 e. The van der Waals surface area contributed by atoms with Gasteiger partial charge in [0.15, 0.2) is 0 Å². The molecular weight excluding hydrogens is 486 g/mol. The molecule has 10 heteroatoms. The van der Waals surface area contributed by atoms with Crippen molar-refractivity contribution in [1.29, 1.82) is 0 Å². The number of likely N-dealkylation sites (tertiary alicyclic amines) is 1. The van der Waals surface area contributed by atoms with Crippen LogP contribution in [-0.2, 0) is 19.1 Å². The number of Topliss-reactive ketones (excluding diaryl/α,β-unsaturated/α-hetero) is 1. The molecule has 9 nitrogen and oxygen atoms in total. The number of morpholine rings is 1. The van der Waals surface area contributed by atoms with Crippen LogP contribution < -0.4 is 0 Å². The quantitative estimate of drug-likeness (QED) is 0.252. The molecule has 0 spiro atoms. The molecule has 1 aromatic carbocycles. The number of amides is 1. The standard InChI is InChI=1S/C26H30ClN3O6/c1-15-19(16(2)28-21(15)26(34)35-3)23(31)20-22(17-6-4-7-18(27)14-17)30(25(33)24(20)32)9-5-8-29-10-12-36-13-11-29/h4,6-7,14,22,28,31H,5,8-13H2,1-3H3/b23-20+/t22-/m0/s1. The van der Waals surface area contributed by atoms with Crippen molar-refractivity contribution in [3.05, 3.63) is 62.9 Å². The maximum Gasteiger partial charge on any atom is 0.354 e. The van der Waals surface area contributed by atoms with E-state index in [1.54, 1.807) is 38.1 Å². The molecular formula is C26H30ClN3O6. The summed E-state index contributed by atoms with van der Waals surface area (Å²) in [6.07, 6.45) is 0.652. The fourth-order valence-electron chi connectivity index (χ4n) is 4.97. The smallest absolute Gasteiger partial charge is 0.354 e. The number of nitrogens with one attached hydrogen (secondary N) is 1. The molecule has 2 saturated heterocycles. The highest BCUT2D eigenvalue weighted by atomic mass is 35.5. The number of esters is 1. The summed E-state index contributed by atoms with van der Waals surface area (Å²) >= 11 is 6.26. The van der Waals surface area contributed by atoms with Crippen LogP contribution in [0, 0.1) is 13.8 Å². The summed E-state index contributed by atoms with van der Waals surface area (Å²) in [7, 11) is 1.26. The number of carbonyl (C=O) groups is 3. The fourth-order valence-corrected chi connectivity index (χ4v) is 5.17. The zero-order chi connectivity index (χ0) is 26.0. The lowest BCUT2D eigenvalue weighted by molar-refractivity contribution is -0.140. The molecule has 0 radical (unpaired) electrons. The maximum atomic E-state index is 13.3. The lowest BCUT2D eigenvalue weighted by Crippen LogP contribution is -2.38. The van der Waals surface area contributed by atoms with Gasteiger partial charge in [-0.05, 0) is 43.5 Å². The molecule has 2 N–H and O–H groups in total. The number of rotatable bonds is 7. The van der Waals surface area contributed by atoms with E-state index < -0.39 is 23.7 Å². The van der Waals surface area contributed by atoms with Gasteiger partial charge in [-0.2, -0.15) is 0 Å². The first kappa shape index (κ1) is 25.9. The van der Waals surface area contributed by atoms with Crippen LogP contribution in [0.2, 0.25) is 5.02 Å². The van der Waals surface area contributed by atoms with Crippen LogP contribution in [0.25, 0.3) is 5.76 Å². The topological polar surface area (TPSA) is 112 Å². The molecule has 2 aliphatic heterocycles. The Morgan fingerprint density at radius 2 is 1.94 bits per heavy atom. The van der Waals surface area contributed by atoms with Gasteiger partial charge in [-0.1, -0.05) is 23.7 Å². The number of benzene rings is 1. The van der Waals surface area contributed by atoms with Gasteiger partial charge < -0.3 is 24.5 Å². The first-order valence-electron chi connectivity index (χ1n) is 11.9. The Morgan fingerprint density at radius 3 is 2.61 bits per heavy atom. The highest BCUT2D eigenvalue weighted by molar-refractivity contribution is 6.46. The molecule has 192 valence electrons. The molecule has 36 heavy (non-hydrogen) atoms. The summed E-state index contributed by atoms with van der Waals surface area (Å²) in [5, 5.41) is 11.9. The third-order valence-electron chi connectivity index (χ3n) is 6.75. The third kappa shape index (κ3) is 4.91. The normalized spacial score (nSPS) is 20.2. The molecule has 0 bridgehead atoms. The zero-order valence-electron chi connectivity index (χ0n) is 20.6. The van der Waals surface area contributed by atoms with Crippen molar-refractivity contribution in [3.8, 4) is 0 Å². The van der Waals surface area contributed by atoms with E-state index in [1.165, 1.54) is 12.0 Å². The van der Waals surface area contributed by atoms with Gasteiger partial charge in [-0.3, -0.25) is 14.5 Å². The Bertz CT molecular complexity index is 1210.